The molecule has 0 saturated heterocycles. The minimum atomic E-state index is -0.129. The highest BCUT2D eigenvalue weighted by atomic mass is 32.1. The molecule has 0 aliphatic rings. The summed E-state index contributed by atoms with van der Waals surface area (Å²) in [6.07, 6.45) is 0.845. The maximum Gasteiger partial charge on any atom is 0.280 e. The normalized spacial score (nSPS) is 11.3. The van der Waals surface area contributed by atoms with Gasteiger partial charge in [-0.1, -0.05) is 17.4 Å². The largest absolute Gasteiger partial charge is 0.494 e. The lowest BCUT2D eigenvalue weighted by Crippen LogP contribution is -2.33. The monoisotopic (exact) mass is 387 g/mol. The lowest BCUT2D eigenvalue weighted by Gasteiger charge is -2.20. The van der Waals surface area contributed by atoms with Crippen LogP contribution in [0.1, 0.15) is 22.6 Å². The van der Waals surface area contributed by atoms with Gasteiger partial charge in [0.25, 0.3) is 5.91 Å². The Morgan fingerprint density at radius 1 is 1.30 bits per heavy atom. The number of aryl methyl sites for hydroxylation is 2. The Kier molecular flexibility index (Phi) is 5.76. The summed E-state index contributed by atoms with van der Waals surface area (Å²) in [5, 5.41) is 5.02. The molecule has 0 atom stereocenters. The van der Waals surface area contributed by atoms with Crippen molar-refractivity contribution in [2.24, 2.45) is 7.05 Å². The van der Waals surface area contributed by atoms with Gasteiger partial charge < -0.3 is 9.64 Å². The zero-order valence-electron chi connectivity index (χ0n) is 16.4. The molecule has 7 nitrogen and oxygen atoms in total. The van der Waals surface area contributed by atoms with Crippen molar-refractivity contribution in [2.45, 2.75) is 13.3 Å². The number of fused-ring (bicyclic) bond motifs is 1. The van der Waals surface area contributed by atoms with Gasteiger partial charge in [0.05, 0.1) is 11.8 Å². The molecule has 27 heavy (non-hydrogen) atoms. The molecule has 0 unspecified atom stereocenters. The summed E-state index contributed by atoms with van der Waals surface area (Å²) < 4.78 is 8.12. The minimum Gasteiger partial charge on any atom is -0.494 e. The van der Waals surface area contributed by atoms with Gasteiger partial charge in [-0.15, -0.1) is 0 Å². The molecule has 2 aromatic heterocycles. The second-order valence-corrected chi connectivity index (χ2v) is 7.72. The fraction of sp³-hybridized carbons (Fsp3) is 0.421. The number of carbonyl (C=O) groups excluding carboxylic acids is 1. The van der Waals surface area contributed by atoms with Gasteiger partial charge in [-0.05, 0) is 52.2 Å². The van der Waals surface area contributed by atoms with Crippen LogP contribution in [0.4, 0.5) is 5.13 Å². The van der Waals surface area contributed by atoms with Crippen molar-refractivity contribution >= 4 is 32.6 Å². The fourth-order valence-electron chi connectivity index (χ4n) is 2.82. The third kappa shape index (κ3) is 4.12. The molecule has 0 spiro atoms. The van der Waals surface area contributed by atoms with Crippen LogP contribution in [0.25, 0.3) is 10.2 Å². The van der Waals surface area contributed by atoms with Crippen LogP contribution in [0.5, 0.6) is 5.75 Å². The zero-order chi connectivity index (χ0) is 19.6. The van der Waals surface area contributed by atoms with E-state index in [-0.39, 0.29) is 5.91 Å². The standard InChI is InChI=1S/C19H25N5O2S/c1-13-12-14(21-23(13)4)18(25)24(11-7-10-22(2)3)19-20-17-15(26-5)8-6-9-16(17)27-19/h6,8-9,12H,7,10-11H2,1-5H3. The molecule has 144 valence electrons. The highest BCUT2D eigenvalue weighted by molar-refractivity contribution is 7.22. The molecule has 0 saturated carbocycles. The molecule has 0 aliphatic carbocycles. The molecule has 1 aromatic carbocycles. The van der Waals surface area contributed by atoms with Crippen LogP contribution in [-0.2, 0) is 7.05 Å². The number of ether oxygens (including phenoxy) is 1. The number of amides is 1. The smallest absolute Gasteiger partial charge is 0.280 e. The second-order valence-electron chi connectivity index (χ2n) is 6.71. The molecule has 0 radical (unpaired) electrons. The second kappa shape index (κ2) is 8.06. The SMILES string of the molecule is COc1cccc2sc(N(CCCN(C)C)C(=O)c3cc(C)n(C)n3)nc12. The number of carbonyl (C=O) groups is 1. The van der Waals surface area contributed by atoms with E-state index in [1.54, 1.807) is 16.7 Å². The van der Waals surface area contributed by atoms with Crippen molar-refractivity contribution in [1.29, 1.82) is 0 Å². The summed E-state index contributed by atoms with van der Waals surface area (Å²) >= 11 is 1.49. The summed E-state index contributed by atoms with van der Waals surface area (Å²) in [7, 11) is 7.52. The molecule has 3 rings (SSSR count). The number of hydrogen-bond donors (Lipinski definition) is 0. The highest BCUT2D eigenvalue weighted by Gasteiger charge is 2.24. The quantitative estimate of drug-likeness (QED) is 0.624. The topological polar surface area (TPSA) is 63.5 Å². The first-order valence-corrected chi connectivity index (χ1v) is 9.63. The van der Waals surface area contributed by atoms with Crippen molar-refractivity contribution in [2.75, 3.05) is 39.2 Å². The zero-order valence-corrected chi connectivity index (χ0v) is 17.2. The van der Waals surface area contributed by atoms with Crippen LogP contribution in [0.2, 0.25) is 0 Å². The average Bonchev–Trinajstić information content (AvgIpc) is 3.21. The molecule has 3 aromatic rings. The van der Waals surface area contributed by atoms with E-state index < -0.39 is 0 Å². The first-order chi connectivity index (χ1) is 12.9. The lowest BCUT2D eigenvalue weighted by atomic mass is 10.3. The number of hydrogen-bond acceptors (Lipinski definition) is 6. The molecule has 1 amide bonds. The molecule has 0 fully saturated rings. The number of methoxy groups -OCH3 is 1. The number of anilines is 1. The van der Waals surface area contributed by atoms with Gasteiger partial charge in [0.1, 0.15) is 11.3 Å². The number of thiazole rings is 1. The van der Waals surface area contributed by atoms with Gasteiger partial charge in [0.2, 0.25) is 0 Å². The van der Waals surface area contributed by atoms with E-state index >= 15 is 0 Å². The van der Waals surface area contributed by atoms with Crippen LogP contribution in [0.3, 0.4) is 0 Å². The molecule has 8 heteroatoms. The van der Waals surface area contributed by atoms with Gasteiger partial charge in [-0.2, -0.15) is 5.10 Å². The maximum atomic E-state index is 13.2. The molecule has 2 heterocycles. The fourth-order valence-corrected chi connectivity index (χ4v) is 3.83. The van der Waals surface area contributed by atoms with Gasteiger partial charge in [0.15, 0.2) is 10.8 Å². The summed E-state index contributed by atoms with van der Waals surface area (Å²) in [6, 6.07) is 7.62. The molecular formula is C19H25N5O2S. The van der Waals surface area contributed by atoms with E-state index in [1.165, 1.54) is 11.3 Å². The molecule has 0 bridgehead atoms. The van der Waals surface area contributed by atoms with Crippen molar-refractivity contribution in [3.8, 4) is 5.75 Å². The van der Waals surface area contributed by atoms with Crippen LogP contribution >= 0.6 is 11.3 Å². The highest BCUT2D eigenvalue weighted by Crippen LogP contribution is 2.34. The summed E-state index contributed by atoms with van der Waals surface area (Å²) in [5.74, 6) is 0.583. The van der Waals surface area contributed by atoms with E-state index in [1.807, 2.05) is 52.3 Å². The molecule has 0 N–H and O–H groups in total. The number of para-hydroxylation sites is 1. The third-order valence-electron chi connectivity index (χ3n) is 4.39. The minimum absolute atomic E-state index is 0.129. The van der Waals surface area contributed by atoms with Crippen LogP contribution < -0.4 is 9.64 Å². The number of nitrogens with zero attached hydrogens (tertiary/aromatic N) is 5. The van der Waals surface area contributed by atoms with Gasteiger partial charge in [-0.25, -0.2) is 4.98 Å². The number of aromatic nitrogens is 3. The Bertz CT molecular complexity index is 927. The van der Waals surface area contributed by atoms with Gasteiger partial charge in [-0.3, -0.25) is 14.4 Å². The lowest BCUT2D eigenvalue weighted by molar-refractivity contribution is 0.0980. The predicted octanol–water partition coefficient (Wildman–Crippen LogP) is 2.95. The first kappa shape index (κ1) is 19.3. The number of benzene rings is 1. The summed E-state index contributed by atoms with van der Waals surface area (Å²) in [6.45, 7) is 3.40. The van der Waals surface area contributed by atoms with E-state index in [0.717, 1.165) is 28.9 Å². The van der Waals surface area contributed by atoms with E-state index in [9.17, 15) is 4.79 Å². The Labute approximate surface area is 163 Å². The Morgan fingerprint density at radius 3 is 2.70 bits per heavy atom. The van der Waals surface area contributed by atoms with Crippen LogP contribution in [0.15, 0.2) is 24.3 Å². The van der Waals surface area contributed by atoms with Gasteiger partial charge >= 0.3 is 0 Å². The van der Waals surface area contributed by atoms with Crippen LogP contribution in [-0.4, -0.2) is 59.9 Å². The Morgan fingerprint density at radius 2 is 2.07 bits per heavy atom. The molecular weight excluding hydrogens is 362 g/mol. The Hall–Kier alpha value is -2.45. The predicted molar refractivity (Wildman–Crippen MR) is 109 cm³/mol. The third-order valence-corrected chi connectivity index (χ3v) is 5.43. The van der Waals surface area contributed by atoms with E-state index in [2.05, 4.69) is 10.00 Å². The van der Waals surface area contributed by atoms with Gasteiger partial charge in [0, 0.05) is 19.3 Å². The van der Waals surface area contributed by atoms with Crippen molar-refractivity contribution < 1.29 is 9.53 Å². The molecule has 0 aliphatic heterocycles. The van der Waals surface area contributed by atoms with E-state index in [4.69, 9.17) is 9.72 Å². The Balaban J connectivity index is 1.97. The average molecular weight is 388 g/mol. The number of rotatable bonds is 7. The summed E-state index contributed by atoms with van der Waals surface area (Å²) in [5.41, 5.74) is 2.16. The van der Waals surface area contributed by atoms with Crippen molar-refractivity contribution in [3.05, 3.63) is 35.7 Å². The maximum absolute atomic E-state index is 13.2. The van der Waals surface area contributed by atoms with Crippen molar-refractivity contribution in [3.63, 3.8) is 0 Å². The van der Waals surface area contributed by atoms with E-state index in [0.29, 0.717) is 23.1 Å². The first-order valence-electron chi connectivity index (χ1n) is 8.81. The van der Waals surface area contributed by atoms with Crippen LogP contribution in [0, 0.1) is 6.92 Å². The summed E-state index contributed by atoms with van der Waals surface area (Å²) in [4.78, 5) is 21.7. The van der Waals surface area contributed by atoms with Crippen molar-refractivity contribution in [1.82, 2.24) is 19.7 Å².